The molecule has 1 aromatic carbocycles. The number of anilines is 1. The molecule has 0 saturated carbocycles. The summed E-state index contributed by atoms with van der Waals surface area (Å²) in [4.78, 5) is 10.7. The van der Waals surface area contributed by atoms with Crippen LogP contribution in [0.4, 0.5) is 10.3 Å². The number of nitrogens with zero attached hydrogens (tertiary/aromatic N) is 3. The van der Waals surface area contributed by atoms with Gasteiger partial charge in [-0.15, -0.1) is 0 Å². The molecule has 0 unspecified atom stereocenters. The monoisotopic (exact) mass is 302 g/mol. The molecule has 1 aliphatic rings. The van der Waals surface area contributed by atoms with Crippen molar-refractivity contribution in [2.45, 2.75) is 19.4 Å². The summed E-state index contributed by atoms with van der Waals surface area (Å²) in [5, 5.41) is 0. The summed E-state index contributed by atoms with van der Waals surface area (Å²) in [6.07, 6.45) is 0.521. The van der Waals surface area contributed by atoms with Crippen molar-refractivity contribution in [3.63, 3.8) is 0 Å². The van der Waals surface area contributed by atoms with Gasteiger partial charge in [0.1, 0.15) is 17.7 Å². The summed E-state index contributed by atoms with van der Waals surface area (Å²) < 4.78 is 19.8. The number of hydrogen-bond acceptors (Lipinski definition) is 5. The molecule has 0 fully saturated rings. The van der Waals surface area contributed by atoms with Gasteiger partial charge in [0.15, 0.2) is 0 Å². The third-order valence-electron chi connectivity index (χ3n) is 3.64. The lowest BCUT2D eigenvalue weighted by molar-refractivity contribution is 0.242. The Bertz CT molecular complexity index is 718. The van der Waals surface area contributed by atoms with E-state index in [2.05, 4.69) is 9.97 Å². The van der Waals surface area contributed by atoms with Gasteiger partial charge in [0, 0.05) is 43.9 Å². The van der Waals surface area contributed by atoms with Crippen molar-refractivity contribution in [3.8, 4) is 17.0 Å². The molecule has 1 aromatic heterocycles. The second-order valence-corrected chi connectivity index (χ2v) is 5.71. The standard InChI is InChI=1S/C16H19FN4O/c1-9-4-14(20-16(19-9)21(2)3)13-7-11(17)5-10-6-12(8-18)22-15(10)13/h4-5,7,12H,6,8,18H2,1-3H3/t12-/m1/s1. The Hall–Kier alpha value is -2.21. The van der Waals surface area contributed by atoms with E-state index in [-0.39, 0.29) is 11.9 Å². The Morgan fingerprint density at radius 2 is 2.09 bits per heavy atom. The van der Waals surface area contributed by atoms with Gasteiger partial charge in [-0.25, -0.2) is 14.4 Å². The van der Waals surface area contributed by atoms with Crippen LogP contribution in [0.25, 0.3) is 11.3 Å². The lowest BCUT2D eigenvalue weighted by Crippen LogP contribution is -2.24. The molecule has 0 radical (unpaired) electrons. The first-order chi connectivity index (χ1) is 10.5. The molecule has 2 heterocycles. The minimum atomic E-state index is -0.294. The third-order valence-corrected chi connectivity index (χ3v) is 3.64. The lowest BCUT2D eigenvalue weighted by Gasteiger charge is -2.14. The zero-order chi connectivity index (χ0) is 15.9. The zero-order valence-corrected chi connectivity index (χ0v) is 12.9. The molecule has 0 spiro atoms. The second kappa shape index (κ2) is 5.53. The van der Waals surface area contributed by atoms with Gasteiger partial charge in [-0.2, -0.15) is 0 Å². The molecule has 0 amide bonds. The molecule has 2 N–H and O–H groups in total. The summed E-state index contributed by atoms with van der Waals surface area (Å²) >= 11 is 0. The maximum absolute atomic E-state index is 14.0. The van der Waals surface area contributed by atoms with Crippen molar-refractivity contribution in [2.75, 3.05) is 25.5 Å². The van der Waals surface area contributed by atoms with E-state index in [1.807, 2.05) is 32.0 Å². The van der Waals surface area contributed by atoms with Gasteiger partial charge in [0.2, 0.25) is 5.95 Å². The number of benzene rings is 1. The van der Waals surface area contributed by atoms with Crippen molar-refractivity contribution < 1.29 is 9.13 Å². The van der Waals surface area contributed by atoms with Crippen molar-refractivity contribution in [1.82, 2.24) is 9.97 Å². The van der Waals surface area contributed by atoms with Crippen LogP contribution in [-0.2, 0) is 6.42 Å². The van der Waals surface area contributed by atoms with Crippen molar-refractivity contribution >= 4 is 5.95 Å². The van der Waals surface area contributed by atoms with E-state index in [1.165, 1.54) is 12.1 Å². The molecule has 1 aliphatic heterocycles. The molecular weight excluding hydrogens is 283 g/mol. The van der Waals surface area contributed by atoms with Crippen LogP contribution in [0.2, 0.25) is 0 Å². The number of fused-ring (bicyclic) bond motifs is 1. The molecular formula is C16H19FN4O. The van der Waals surface area contributed by atoms with E-state index in [0.29, 0.717) is 35.9 Å². The fraction of sp³-hybridized carbons (Fsp3) is 0.375. The van der Waals surface area contributed by atoms with E-state index < -0.39 is 0 Å². The van der Waals surface area contributed by atoms with Gasteiger partial charge in [-0.3, -0.25) is 0 Å². The second-order valence-electron chi connectivity index (χ2n) is 5.71. The van der Waals surface area contributed by atoms with Gasteiger partial charge >= 0.3 is 0 Å². The predicted octanol–water partition coefficient (Wildman–Crippen LogP) is 1.92. The first-order valence-electron chi connectivity index (χ1n) is 7.20. The van der Waals surface area contributed by atoms with Crippen LogP contribution in [0.1, 0.15) is 11.3 Å². The molecule has 6 heteroatoms. The summed E-state index contributed by atoms with van der Waals surface area (Å²) in [5.41, 5.74) is 8.65. The molecule has 116 valence electrons. The van der Waals surface area contributed by atoms with E-state index in [1.54, 1.807) is 0 Å². The number of rotatable bonds is 3. The molecule has 3 rings (SSSR count). The SMILES string of the molecule is Cc1cc(-c2cc(F)cc3c2O[C@@H](CN)C3)nc(N(C)C)n1. The normalized spacial score (nSPS) is 16.3. The Labute approximate surface area is 128 Å². The predicted molar refractivity (Wildman–Crippen MR) is 83.7 cm³/mol. The topological polar surface area (TPSA) is 64.3 Å². The summed E-state index contributed by atoms with van der Waals surface area (Å²) in [5.74, 6) is 0.971. The van der Waals surface area contributed by atoms with Gasteiger partial charge in [0.05, 0.1) is 5.69 Å². The largest absolute Gasteiger partial charge is 0.488 e. The van der Waals surface area contributed by atoms with E-state index in [0.717, 1.165) is 11.3 Å². The fourth-order valence-electron chi connectivity index (χ4n) is 2.61. The number of aryl methyl sites for hydroxylation is 1. The Kier molecular flexibility index (Phi) is 3.70. The molecule has 0 bridgehead atoms. The van der Waals surface area contributed by atoms with Crippen LogP contribution in [0, 0.1) is 12.7 Å². The van der Waals surface area contributed by atoms with Crippen molar-refractivity contribution in [3.05, 3.63) is 35.3 Å². The first kappa shape index (κ1) is 14.7. The summed E-state index contributed by atoms with van der Waals surface area (Å²) in [7, 11) is 3.74. The van der Waals surface area contributed by atoms with Crippen LogP contribution in [-0.4, -0.2) is 36.7 Å². The highest BCUT2D eigenvalue weighted by molar-refractivity contribution is 5.71. The quantitative estimate of drug-likeness (QED) is 0.938. The zero-order valence-electron chi connectivity index (χ0n) is 12.9. The Morgan fingerprint density at radius 1 is 1.32 bits per heavy atom. The van der Waals surface area contributed by atoms with Crippen LogP contribution < -0.4 is 15.4 Å². The highest BCUT2D eigenvalue weighted by Gasteiger charge is 2.26. The molecule has 22 heavy (non-hydrogen) atoms. The molecule has 0 saturated heterocycles. The Balaban J connectivity index is 2.14. The fourth-order valence-corrected chi connectivity index (χ4v) is 2.61. The van der Waals surface area contributed by atoms with Crippen LogP contribution in [0.15, 0.2) is 18.2 Å². The number of ether oxygens (including phenoxy) is 1. The number of halogens is 1. The van der Waals surface area contributed by atoms with Crippen LogP contribution in [0.3, 0.4) is 0 Å². The summed E-state index contributed by atoms with van der Waals surface area (Å²) in [6.45, 7) is 2.29. The van der Waals surface area contributed by atoms with E-state index in [4.69, 9.17) is 10.5 Å². The van der Waals surface area contributed by atoms with Gasteiger partial charge in [-0.1, -0.05) is 0 Å². The average Bonchev–Trinajstić information content (AvgIpc) is 2.88. The smallest absolute Gasteiger partial charge is 0.225 e. The van der Waals surface area contributed by atoms with Gasteiger partial charge in [0.25, 0.3) is 0 Å². The number of hydrogen-bond donors (Lipinski definition) is 1. The lowest BCUT2D eigenvalue weighted by atomic mass is 10.0. The third kappa shape index (κ3) is 2.62. The van der Waals surface area contributed by atoms with Gasteiger partial charge < -0.3 is 15.4 Å². The molecule has 1 atom stereocenters. The van der Waals surface area contributed by atoms with E-state index in [9.17, 15) is 4.39 Å². The van der Waals surface area contributed by atoms with Gasteiger partial charge in [-0.05, 0) is 25.1 Å². The summed E-state index contributed by atoms with van der Waals surface area (Å²) in [6, 6.07) is 4.80. The minimum absolute atomic E-state index is 0.105. The van der Waals surface area contributed by atoms with Crippen LogP contribution in [0.5, 0.6) is 5.75 Å². The van der Waals surface area contributed by atoms with Crippen molar-refractivity contribution in [2.24, 2.45) is 5.73 Å². The number of nitrogens with two attached hydrogens (primary N) is 1. The highest BCUT2D eigenvalue weighted by Crippen LogP contribution is 2.39. The number of aromatic nitrogens is 2. The highest BCUT2D eigenvalue weighted by atomic mass is 19.1. The van der Waals surface area contributed by atoms with Crippen LogP contribution >= 0.6 is 0 Å². The molecule has 0 aliphatic carbocycles. The minimum Gasteiger partial charge on any atom is -0.488 e. The molecule has 5 nitrogen and oxygen atoms in total. The average molecular weight is 302 g/mol. The maximum atomic E-state index is 14.0. The molecule has 2 aromatic rings. The Morgan fingerprint density at radius 3 is 2.77 bits per heavy atom. The first-order valence-corrected chi connectivity index (χ1v) is 7.20. The van der Waals surface area contributed by atoms with Crippen molar-refractivity contribution in [1.29, 1.82) is 0 Å². The van der Waals surface area contributed by atoms with E-state index >= 15 is 0 Å². The maximum Gasteiger partial charge on any atom is 0.225 e.